The molecule has 0 saturated carbocycles. The quantitative estimate of drug-likeness (QED) is 0.142. The van der Waals surface area contributed by atoms with Crippen LogP contribution in [0.2, 0.25) is 0 Å². The Morgan fingerprint density at radius 3 is 2.07 bits per heavy atom. The maximum absolute atomic E-state index is 13.2. The Morgan fingerprint density at radius 1 is 0.818 bits per heavy atom. The number of hydrogen-bond acceptors (Lipinski definition) is 7. The topological polar surface area (TPSA) is 92.3 Å². The SMILES string of the molecule is CCCCCCCCCCCCCC(=O)OC1[C@@H]2OC(c3ccccc3)OCC2O[C@@H](OCc2ccccc2)[C@H]1NC(C)=O. The number of esters is 1. The number of unbranched alkanes of at least 4 members (excludes halogenated alkanes) is 10. The predicted molar refractivity (Wildman–Crippen MR) is 168 cm³/mol. The number of benzene rings is 2. The fraction of sp³-hybridized carbons (Fsp3) is 0.611. The molecule has 1 N–H and O–H groups in total. The van der Waals surface area contributed by atoms with E-state index in [1.54, 1.807) is 0 Å². The molecular formula is C36H51NO7. The molecule has 2 aromatic carbocycles. The van der Waals surface area contributed by atoms with E-state index in [-0.39, 0.29) is 25.1 Å². The summed E-state index contributed by atoms with van der Waals surface area (Å²) >= 11 is 0. The van der Waals surface area contributed by atoms with Gasteiger partial charge in [0.05, 0.1) is 13.2 Å². The van der Waals surface area contributed by atoms with Crippen molar-refractivity contribution < 1.29 is 33.3 Å². The Hall–Kier alpha value is -2.78. The minimum absolute atomic E-state index is 0.231. The van der Waals surface area contributed by atoms with Crippen molar-refractivity contribution >= 4 is 11.9 Å². The number of fused-ring (bicyclic) bond motifs is 1. The second-order valence-corrected chi connectivity index (χ2v) is 12.0. The van der Waals surface area contributed by atoms with Gasteiger partial charge >= 0.3 is 5.97 Å². The van der Waals surface area contributed by atoms with Crippen LogP contribution in [0.15, 0.2) is 60.7 Å². The van der Waals surface area contributed by atoms with Crippen molar-refractivity contribution in [1.29, 1.82) is 0 Å². The minimum Gasteiger partial charge on any atom is -0.457 e. The van der Waals surface area contributed by atoms with E-state index in [2.05, 4.69) is 12.2 Å². The highest BCUT2D eigenvalue weighted by Gasteiger charge is 2.52. The van der Waals surface area contributed by atoms with Crippen molar-refractivity contribution in [1.82, 2.24) is 5.32 Å². The summed E-state index contributed by atoms with van der Waals surface area (Å²) in [5.41, 5.74) is 1.82. The van der Waals surface area contributed by atoms with Crippen molar-refractivity contribution in [3.63, 3.8) is 0 Å². The van der Waals surface area contributed by atoms with E-state index < -0.39 is 36.9 Å². The monoisotopic (exact) mass is 609 g/mol. The Bertz CT molecular complexity index is 1100. The smallest absolute Gasteiger partial charge is 0.306 e. The maximum atomic E-state index is 13.2. The van der Waals surface area contributed by atoms with Crippen LogP contribution in [0.25, 0.3) is 0 Å². The third-order valence-electron chi connectivity index (χ3n) is 8.29. The van der Waals surface area contributed by atoms with Gasteiger partial charge in [-0.3, -0.25) is 9.59 Å². The van der Waals surface area contributed by atoms with Crippen LogP contribution < -0.4 is 5.32 Å². The molecule has 2 heterocycles. The molecule has 44 heavy (non-hydrogen) atoms. The van der Waals surface area contributed by atoms with Crippen molar-refractivity contribution in [2.24, 2.45) is 0 Å². The normalized spacial score (nSPS) is 24.8. The number of carbonyl (C=O) groups excluding carboxylic acids is 2. The first-order valence-corrected chi connectivity index (χ1v) is 16.6. The number of ether oxygens (including phenoxy) is 5. The molecule has 1 amide bonds. The molecule has 0 spiro atoms. The van der Waals surface area contributed by atoms with Gasteiger partial charge in [0.1, 0.15) is 18.2 Å². The van der Waals surface area contributed by atoms with Crippen LogP contribution in [0.5, 0.6) is 0 Å². The van der Waals surface area contributed by atoms with E-state index in [0.717, 1.165) is 30.4 Å². The van der Waals surface area contributed by atoms with Crippen molar-refractivity contribution in [3.05, 3.63) is 71.8 Å². The second kappa shape index (κ2) is 18.9. The van der Waals surface area contributed by atoms with Gasteiger partial charge in [0.25, 0.3) is 0 Å². The van der Waals surface area contributed by atoms with Gasteiger partial charge in [-0.15, -0.1) is 0 Å². The Kier molecular flexibility index (Phi) is 14.6. The van der Waals surface area contributed by atoms with Gasteiger partial charge in [0.2, 0.25) is 5.91 Å². The van der Waals surface area contributed by atoms with E-state index in [4.69, 9.17) is 23.7 Å². The lowest BCUT2D eigenvalue weighted by atomic mass is 9.95. The van der Waals surface area contributed by atoms with Crippen LogP contribution in [-0.4, -0.2) is 49.1 Å². The van der Waals surface area contributed by atoms with Gasteiger partial charge in [-0.2, -0.15) is 0 Å². The van der Waals surface area contributed by atoms with Gasteiger partial charge in [0, 0.05) is 18.9 Å². The average Bonchev–Trinajstić information content (AvgIpc) is 3.04. The van der Waals surface area contributed by atoms with Gasteiger partial charge in [-0.1, -0.05) is 132 Å². The van der Waals surface area contributed by atoms with Crippen LogP contribution in [0, 0.1) is 0 Å². The highest BCUT2D eigenvalue weighted by molar-refractivity contribution is 5.73. The number of amides is 1. The molecule has 0 bridgehead atoms. The van der Waals surface area contributed by atoms with E-state index >= 15 is 0 Å². The summed E-state index contributed by atoms with van der Waals surface area (Å²) in [7, 11) is 0. The van der Waals surface area contributed by atoms with E-state index in [1.165, 1.54) is 58.3 Å². The zero-order valence-corrected chi connectivity index (χ0v) is 26.5. The second-order valence-electron chi connectivity index (χ2n) is 12.0. The first-order chi connectivity index (χ1) is 21.5. The minimum atomic E-state index is -0.861. The first-order valence-electron chi connectivity index (χ1n) is 16.6. The van der Waals surface area contributed by atoms with Gasteiger partial charge < -0.3 is 29.0 Å². The van der Waals surface area contributed by atoms with Crippen LogP contribution in [0.3, 0.4) is 0 Å². The molecule has 8 nitrogen and oxygen atoms in total. The Balaban J connectivity index is 1.36. The highest BCUT2D eigenvalue weighted by Crippen LogP contribution is 2.36. The van der Waals surface area contributed by atoms with Crippen LogP contribution in [0.4, 0.5) is 0 Å². The van der Waals surface area contributed by atoms with Crippen LogP contribution in [0.1, 0.15) is 108 Å². The summed E-state index contributed by atoms with van der Waals surface area (Å²) in [6, 6.07) is 18.6. The largest absolute Gasteiger partial charge is 0.457 e. The average molecular weight is 610 g/mol. The van der Waals surface area contributed by atoms with Crippen molar-refractivity contribution in [3.8, 4) is 0 Å². The lowest BCUT2D eigenvalue weighted by molar-refractivity contribution is -0.346. The standard InChI is InChI=1S/C36H51NO7/c1-3-4-5-6-7-8-9-10-11-12-19-24-31(39)43-34-32(37-27(2)38)36(40-25-28-20-15-13-16-21-28)42-30-26-41-35(44-33(30)34)29-22-17-14-18-23-29/h13-18,20-23,30,32-36H,3-12,19,24-26H2,1-2H3,(H,37,38)/t30?,32-,33+,34?,35?,36+/m0/s1. The van der Waals surface area contributed by atoms with E-state index in [0.29, 0.717) is 6.42 Å². The first kappa shape index (κ1) is 34.1. The number of rotatable bonds is 18. The summed E-state index contributed by atoms with van der Waals surface area (Å²) in [6.07, 6.45) is 10.1. The summed E-state index contributed by atoms with van der Waals surface area (Å²) < 4.78 is 31.1. The Labute approximate surface area is 263 Å². The van der Waals surface area contributed by atoms with Crippen LogP contribution >= 0.6 is 0 Å². The molecular weight excluding hydrogens is 558 g/mol. The highest BCUT2D eigenvalue weighted by atomic mass is 16.8. The number of hydrogen-bond donors (Lipinski definition) is 1. The molecule has 2 aliphatic heterocycles. The molecule has 0 radical (unpaired) electrons. The van der Waals surface area contributed by atoms with Gasteiger partial charge in [-0.25, -0.2) is 0 Å². The molecule has 4 rings (SSSR count). The fourth-order valence-corrected chi connectivity index (χ4v) is 5.92. The zero-order valence-electron chi connectivity index (χ0n) is 26.5. The number of carbonyl (C=O) groups is 2. The molecule has 6 atom stereocenters. The molecule has 242 valence electrons. The van der Waals surface area contributed by atoms with Gasteiger partial charge in [-0.05, 0) is 12.0 Å². The van der Waals surface area contributed by atoms with Crippen LogP contribution in [-0.2, 0) is 39.9 Å². The molecule has 2 aromatic rings. The van der Waals surface area contributed by atoms with Gasteiger partial charge in [0.15, 0.2) is 18.7 Å². The lowest BCUT2D eigenvalue weighted by Crippen LogP contribution is -2.67. The summed E-state index contributed by atoms with van der Waals surface area (Å²) in [4.78, 5) is 25.6. The molecule has 2 saturated heterocycles. The van der Waals surface area contributed by atoms with E-state index in [1.807, 2.05) is 60.7 Å². The predicted octanol–water partition coefficient (Wildman–Crippen LogP) is 7.16. The summed E-state index contributed by atoms with van der Waals surface area (Å²) in [6.45, 7) is 4.18. The number of nitrogens with one attached hydrogen (secondary N) is 1. The maximum Gasteiger partial charge on any atom is 0.306 e. The van der Waals surface area contributed by atoms with E-state index in [9.17, 15) is 9.59 Å². The molecule has 2 fully saturated rings. The molecule has 8 heteroatoms. The molecule has 0 aliphatic carbocycles. The third kappa shape index (κ3) is 11.0. The Morgan fingerprint density at radius 2 is 1.43 bits per heavy atom. The molecule has 3 unspecified atom stereocenters. The van der Waals surface area contributed by atoms with Crippen molar-refractivity contribution in [2.45, 2.75) is 134 Å². The molecule has 2 aliphatic rings. The fourth-order valence-electron chi connectivity index (χ4n) is 5.92. The third-order valence-corrected chi connectivity index (χ3v) is 8.29. The molecule has 0 aromatic heterocycles. The van der Waals surface area contributed by atoms with Crippen molar-refractivity contribution in [2.75, 3.05) is 6.61 Å². The summed E-state index contributed by atoms with van der Waals surface area (Å²) in [5.74, 6) is -0.585. The summed E-state index contributed by atoms with van der Waals surface area (Å²) in [5, 5.41) is 2.94. The zero-order chi connectivity index (χ0) is 31.0. The lowest BCUT2D eigenvalue weighted by Gasteiger charge is -2.48.